The van der Waals surface area contributed by atoms with Crippen LogP contribution in [0, 0.1) is 0 Å². The lowest BCUT2D eigenvalue weighted by Crippen LogP contribution is -2.30. The van der Waals surface area contributed by atoms with Gasteiger partial charge in [0, 0.05) is 31.3 Å². The minimum absolute atomic E-state index is 0.109. The van der Waals surface area contributed by atoms with Crippen LogP contribution in [0.25, 0.3) is 11.0 Å². The second-order valence-corrected chi connectivity index (χ2v) is 9.15. The maximum Gasteiger partial charge on any atom is 0.220 e. The first kappa shape index (κ1) is 20.9. The van der Waals surface area contributed by atoms with Gasteiger partial charge in [-0.25, -0.2) is 14.6 Å². The number of carbonyl (C=O) groups is 1. The summed E-state index contributed by atoms with van der Waals surface area (Å²) in [5.41, 5.74) is 0.863. The highest BCUT2D eigenvalue weighted by atomic mass is 32.2. The smallest absolute Gasteiger partial charge is 0.220 e. The number of fused-ring (bicyclic) bond motifs is 1. The van der Waals surface area contributed by atoms with Crippen LogP contribution in [-0.4, -0.2) is 50.5 Å². The first-order valence-electron chi connectivity index (χ1n) is 10.5. The summed E-state index contributed by atoms with van der Waals surface area (Å²) in [6.07, 6.45) is 8.12. The van der Waals surface area contributed by atoms with Gasteiger partial charge in [-0.2, -0.15) is 5.10 Å². The Morgan fingerprint density at radius 2 is 2.04 bits per heavy atom. The maximum atomic E-state index is 11.9. The number of hydrogen-bond donors (Lipinski definition) is 1. The number of thioether (sulfide) groups is 1. The van der Waals surface area contributed by atoms with E-state index in [1.165, 1.54) is 19.3 Å². The molecule has 0 saturated carbocycles. The van der Waals surface area contributed by atoms with Gasteiger partial charge in [0.15, 0.2) is 10.8 Å². The van der Waals surface area contributed by atoms with E-state index in [4.69, 9.17) is 9.97 Å². The maximum absolute atomic E-state index is 11.9. The van der Waals surface area contributed by atoms with Gasteiger partial charge in [-0.3, -0.25) is 4.79 Å². The van der Waals surface area contributed by atoms with Crippen LogP contribution in [0.3, 0.4) is 0 Å². The van der Waals surface area contributed by atoms with Crippen molar-refractivity contribution in [3.8, 4) is 0 Å². The number of carbonyl (C=O) groups excluding carboxylic acids is 1. The Labute approximate surface area is 171 Å². The predicted octanol–water partition coefficient (Wildman–Crippen LogP) is 3.62. The number of nitrogens with zero attached hydrogens (tertiary/aromatic N) is 5. The molecule has 2 aromatic rings. The Hall–Kier alpha value is -1.83. The van der Waals surface area contributed by atoms with Crippen molar-refractivity contribution < 1.29 is 4.79 Å². The van der Waals surface area contributed by atoms with Gasteiger partial charge in [-0.1, -0.05) is 39.0 Å². The molecule has 3 rings (SSSR count). The van der Waals surface area contributed by atoms with E-state index in [1.807, 2.05) is 10.9 Å². The molecule has 154 valence electrons. The zero-order valence-corrected chi connectivity index (χ0v) is 18.1. The number of amides is 1. The average Bonchev–Trinajstić information content (AvgIpc) is 3.09. The molecule has 0 unspecified atom stereocenters. The quantitative estimate of drug-likeness (QED) is 0.508. The first-order valence-corrected chi connectivity index (χ1v) is 11.4. The molecule has 8 heteroatoms. The monoisotopic (exact) mass is 404 g/mol. The lowest BCUT2D eigenvalue weighted by atomic mass is 10.1. The normalized spacial score (nSPS) is 14.8. The molecule has 7 nitrogen and oxygen atoms in total. The number of anilines is 1. The Balaban J connectivity index is 1.80. The highest BCUT2D eigenvalue weighted by molar-refractivity contribution is 7.99. The van der Waals surface area contributed by atoms with E-state index in [-0.39, 0.29) is 5.91 Å². The van der Waals surface area contributed by atoms with Crippen molar-refractivity contribution >= 4 is 34.5 Å². The van der Waals surface area contributed by atoms with Gasteiger partial charge in [-0.05, 0) is 25.7 Å². The number of rotatable bonds is 9. The number of hydrogen-bond acceptors (Lipinski definition) is 6. The number of unbranched alkanes of at least 4 members (excludes halogenated alkanes) is 1. The topological polar surface area (TPSA) is 75.9 Å². The van der Waals surface area contributed by atoms with E-state index >= 15 is 0 Å². The Morgan fingerprint density at radius 3 is 2.75 bits per heavy atom. The van der Waals surface area contributed by atoms with Gasteiger partial charge >= 0.3 is 0 Å². The van der Waals surface area contributed by atoms with Crippen molar-refractivity contribution in [2.75, 3.05) is 24.5 Å². The highest BCUT2D eigenvalue weighted by Gasteiger charge is 2.20. The largest absolute Gasteiger partial charge is 0.356 e. The van der Waals surface area contributed by atoms with Crippen LogP contribution in [0.1, 0.15) is 59.3 Å². The molecule has 0 bridgehead atoms. The summed E-state index contributed by atoms with van der Waals surface area (Å²) in [6, 6.07) is 0. The zero-order valence-electron chi connectivity index (χ0n) is 17.3. The Kier molecular flexibility index (Phi) is 7.53. The van der Waals surface area contributed by atoms with Gasteiger partial charge in [0.25, 0.3) is 0 Å². The highest BCUT2D eigenvalue weighted by Crippen LogP contribution is 2.30. The lowest BCUT2D eigenvalue weighted by molar-refractivity contribution is -0.121. The molecule has 1 amide bonds. The molecule has 1 aliphatic heterocycles. The van der Waals surface area contributed by atoms with Crippen molar-refractivity contribution in [1.82, 2.24) is 25.1 Å². The Morgan fingerprint density at radius 1 is 1.25 bits per heavy atom. The van der Waals surface area contributed by atoms with Crippen LogP contribution < -0.4 is 10.2 Å². The molecule has 0 spiro atoms. The lowest BCUT2D eigenvalue weighted by Gasteiger charge is -2.28. The van der Waals surface area contributed by atoms with Crippen LogP contribution >= 0.6 is 11.8 Å². The van der Waals surface area contributed by atoms with Gasteiger partial charge in [0.05, 0.1) is 18.1 Å². The standard InChI is InChI=1S/C20H32N6OS/c1-4-5-9-17(27)21-10-13-26-19-16(14-22-26)18(25-11-7-6-8-12-25)23-20(24-19)28-15(2)3/h14-15H,4-13H2,1-3H3,(H,21,27). The van der Waals surface area contributed by atoms with Gasteiger partial charge < -0.3 is 10.2 Å². The minimum Gasteiger partial charge on any atom is -0.356 e. The SMILES string of the molecule is CCCCC(=O)NCCn1ncc2c(N3CCCCC3)nc(SC(C)C)nc21. The second-order valence-electron chi connectivity index (χ2n) is 7.60. The summed E-state index contributed by atoms with van der Waals surface area (Å²) in [6.45, 7) is 9.66. The van der Waals surface area contributed by atoms with Crippen molar-refractivity contribution in [3.63, 3.8) is 0 Å². The van der Waals surface area contributed by atoms with Gasteiger partial charge in [0.1, 0.15) is 5.82 Å². The summed E-state index contributed by atoms with van der Waals surface area (Å²) in [5, 5.41) is 9.77. The third kappa shape index (κ3) is 5.37. The van der Waals surface area contributed by atoms with Gasteiger partial charge in [-0.15, -0.1) is 0 Å². The molecular formula is C20H32N6OS. The minimum atomic E-state index is 0.109. The summed E-state index contributed by atoms with van der Waals surface area (Å²) >= 11 is 1.68. The number of nitrogens with one attached hydrogen (secondary N) is 1. The molecule has 0 aliphatic carbocycles. The van der Waals surface area contributed by atoms with E-state index in [0.717, 1.165) is 47.9 Å². The third-order valence-corrected chi connectivity index (χ3v) is 5.72. The summed E-state index contributed by atoms with van der Waals surface area (Å²) in [5.74, 6) is 1.11. The van der Waals surface area contributed by atoms with Crippen molar-refractivity contribution in [2.45, 2.75) is 76.2 Å². The van der Waals surface area contributed by atoms with Crippen molar-refractivity contribution in [3.05, 3.63) is 6.20 Å². The Bertz CT molecular complexity index is 784. The molecule has 28 heavy (non-hydrogen) atoms. The molecule has 2 aromatic heterocycles. The van der Waals surface area contributed by atoms with Crippen LogP contribution in [0.5, 0.6) is 0 Å². The molecule has 0 aromatic carbocycles. The van der Waals surface area contributed by atoms with Crippen LogP contribution in [0.15, 0.2) is 11.4 Å². The number of aromatic nitrogens is 4. The summed E-state index contributed by atoms with van der Waals surface area (Å²) in [7, 11) is 0. The molecule has 3 heterocycles. The van der Waals surface area contributed by atoms with E-state index < -0.39 is 0 Å². The van der Waals surface area contributed by atoms with Crippen molar-refractivity contribution in [2.24, 2.45) is 0 Å². The molecular weight excluding hydrogens is 372 g/mol. The van der Waals surface area contributed by atoms with E-state index in [1.54, 1.807) is 11.8 Å². The van der Waals surface area contributed by atoms with E-state index in [2.05, 4.69) is 36.1 Å². The second kappa shape index (κ2) is 10.1. The zero-order chi connectivity index (χ0) is 19.9. The number of piperidine rings is 1. The van der Waals surface area contributed by atoms with Crippen LogP contribution in [0.4, 0.5) is 5.82 Å². The third-order valence-electron chi connectivity index (χ3n) is 4.86. The molecule has 0 atom stereocenters. The predicted molar refractivity (Wildman–Crippen MR) is 115 cm³/mol. The molecule has 1 saturated heterocycles. The summed E-state index contributed by atoms with van der Waals surface area (Å²) < 4.78 is 1.90. The molecule has 1 N–H and O–H groups in total. The van der Waals surface area contributed by atoms with Gasteiger partial charge in [0.2, 0.25) is 5.91 Å². The van der Waals surface area contributed by atoms with E-state index in [9.17, 15) is 4.79 Å². The van der Waals surface area contributed by atoms with Crippen molar-refractivity contribution in [1.29, 1.82) is 0 Å². The van der Waals surface area contributed by atoms with Crippen LogP contribution in [-0.2, 0) is 11.3 Å². The van der Waals surface area contributed by atoms with Crippen LogP contribution in [0.2, 0.25) is 0 Å². The fourth-order valence-corrected chi connectivity index (χ4v) is 4.12. The van der Waals surface area contributed by atoms with E-state index in [0.29, 0.717) is 24.8 Å². The summed E-state index contributed by atoms with van der Waals surface area (Å²) in [4.78, 5) is 23.9. The molecule has 1 aliphatic rings. The molecule has 0 radical (unpaired) electrons. The fraction of sp³-hybridized carbons (Fsp3) is 0.700. The average molecular weight is 405 g/mol. The molecule has 1 fully saturated rings. The fourth-order valence-electron chi connectivity index (χ4n) is 3.42. The first-order chi connectivity index (χ1) is 13.6.